The average molecular weight is 301 g/mol. The Bertz CT molecular complexity index is 428. The van der Waals surface area contributed by atoms with E-state index in [0.717, 1.165) is 0 Å². The maximum Gasteiger partial charge on any atom is 0.343 e. The third kappa shape index (κ3) is 3.32. The van der Waals surface area contributed by atoms with Crippen LogP contribution >= 0.6 is 0 Å². The van der Waals surface area contributed by atoms with Gasteiger partial charge in [0.25, 0.3) is 0 Å². The van der Waals surface area contributed by atoms with Gasteiger partial charge < -0.3 is 19.5 Å². The predicted molar refractivity (Wildman–Crippen MR) is 68.9 cm³/mol. The average Bonchev–Trinajstić information content (AvgIpc) is 2.79. The van der Waals surface area contributed by atoms with E-state index in [4.69, 9.17) is 14.2 Å². The smallest absolute Gasteiger partial charge is 0.343 e. The normalized spacial score (nSPS) is 19.6. The maximum atomic E-state index is 12.1. The molecule has 0 aromatic carbocycles. The highest BCUT2D eigenvalue weighted by Crippen LogP contribution is 2.29. The molecule has 1 aliphatic rings. The van der Waals surface area contributed by atoms with E-state index in [9.17, 15) is 19.2 Å². The number of carbonyl (C=O) groups excluding carboxylic acids is 4. The molecule has 1 aliphatic heterocycles. The highest BCUT2D eigenvalue weighted by molar-refractivity contribution is 6.14. The Hall–Kier alpha value is -2.12. The van der Waals surface area contributed by atoms with Gasteiger partial charge >= 0.3 is 17.9 Å². The lowest BCUT2D eigenvalue weighted by Crippen LogP contribution is -2.57. The number of rotatable bonds is 6. The SMILES string of the molecule is CCOC(=O)[C@@H]1CC(C(=O)OCC)(C(=O)OCC)NC1=O. The molecule has 1 fully saturated rings. The summed E-state index contributed by atoms with van der Waals surface area (Å²) in [5.74, 6) is -4.66. The van der Waals surface area contributed by atoms with Gasteiger partial charge in [-0.05, 0) is 20.8 Å². The molecule has 0 spiro atoms. The van der Waals surface area contributed by atoms with Crippen LogP contribution in [0, 0.1) is 5.92 Å². The van der Waals surface area contributed by atoms with Gasteiger partial charge in [-0.3, -0.25) is 9.59 Å². The number of ether oxygens (including phenoxy) is 3. The minimum Gasteiger partial charge on any atom is -0.465 e. The van der Waals surface area contributed by atoms with Crippen molar-refractivity contribution in [1.82, 2.24) is 5.32 Å². The molecule has 1 rings (SSSR count). The van der Waals surface area contributed by atoms with Gasteiger partial charge in [0.1, 0.15) is 5.92 Å². The summed E-state index contributed by atoms with van der Waals surface area (Å²) < 4.78 is 14.4. The second-order valence-electron chi connectivity index (χ2n) is 4.34. The zero-order valence-electron chi connectivity index (χ0n) is 12.3. The fraction of sp³-hybridized carbons (Fsp3) is 0.692. The van der Waals surface area contributed by atoms with Crippen LogP contribution in [0.2, 0.25) is 0 Å². The molecule has 0 aromatic rings. The number of amides is 1. The van der Waals surface area contributed by atoms with E-state index in [1.54, 1.807) is 20.8 Å². The fourth-order valence-corrected chi connectivity index (χ4v) is 2.04. The lowest BCUT2D eigenvalue weighted by molar-refractivity contribution is -0.166. The first-order chi connectivity index (χ1) is 9.92. The summed E-state index contributed by atoms with van der Waals surface area (Å²) in [6.45, 7) is 4.87. The van der Waals surface area contributed by atoms with Crippen molar-refractivity contribution in [2.75, 3.05) is 19.8 Å². The molecular weight excluding hydrogens is 282 g/mol. The molecule has 8 heteroatoms. The third-order valence-electron chi connectivity index (χ3n) is 2.98. The van der Waals surface area contributed by atoms with Crippen LogP contribution in [0.1, 0.15) is 27.2 Å². The van der Waals surface area contributed by atoms with Crippen molar-refractivity contribution in [3.05, 3.63) is 0 Å². The van der Waals surface area contributed by atoms with Gasteiger partial charge in [0.05, 0.1) is 19.8 Å². The number of esters is 3. The van der Waals surface area contributed by atoms with Gasteiger partial charge in [0, 0.05) is 6.42 Å². The molecule has 118 valence electrons. The van der Waals surface area contributed by atoms with Crippen LogP contribution in [-0.2, 0) is 33.4 Å². The Morgan fingerprint density at radius 3 is 1.95 bits per heavy atom. The summed E-state index contributed by atoms with van der Waals surface area (Å²) in [6, 6.07) is 0. The Kier molecular flexibility index (Phi) is 5.69. The van der Waals surface area contributed by atoms with E-state index in [2.05, 4.69) is 5.32 Å². The van der Waals surface area contributed by atoms with Crippen molar-refractivity contribution in [3.63, 3.8) is 0 Å². The lowest BCUT2D eigenvalue weighted by Gasteiger charge is -2.24. The first-order valence-electron chi connectivity index (χ1n) is 6.76. The van der Waals surface area contributed by atoms with E-state index >= 15 is 0 Å². The monoisotopic (exact) mass is 301 g/mol. The molecule has 0 radical (unpaired) electrons. The first-order valence-corrected chi connectivity index (χ1v) is 6.76. The Labute approximate surface area is 122 Å². The summed E-state index contributed by atoms with van der Waals surface area (Å²) in [5.41, 5.74) is -1.99. The van der Waals surface area contributed by atoms with Crippen LogP contribution in [0.25, 0.3) is 0 Å². The zero-order valence-corrected chi connectivity index (χ0v) is 12.3. The van der Waals surface area contributed by atoms with E-state index in [0.29, 0.717) is 0 Å². The number of nitrogens with one attached hydrogen (secondary N) is 1. The largest absolute Gasteiger partial charge is 0.465 e. The quantitative estimate of drug-likeness (QED) is 0.402. The molecule has 1 amide bonds. The Morgan fingerprint density at radius 2 is 1.52 bits per heavy atom. The van der Waals surface area contributed by atoms with E-state index in [1.165, 1.54) is 0 Å². The van der Waals surface area contributed by atoms with Crippen molar-refractivity contribution < 1.29 is 33.4 Å². The van der Waals surface area contributed by atoms with Crippen LogP contribution in [0.3, 0.4) is 0 Å². The van der Waals surface area contributed by atoms with Gasteiger partial charge in [-0.2, -0.15) is 0 Å². The van der Waals surface area contributed by atoms with Gasteiger partial charge in [0.2, 0.25) is 11.4 Å². The molecule has 21 heavy (non-hydrogen) atoms. The standard InChI is InChI=1S/C13H19NO7/c1-4-19-10(16)8-7-13(14-9(8)15,11(17)20-5-2)12(18)21-6-3/h8H,4-7H2,1-3H3,(H,14,15)/t8-/m1/s1. The van der Waals surface area contributed by atoms with E-state index in [1.807, 2.05) is 0 Å². The Morgan fingerprint density at radius 1 is 1.05 bits per heavy atom. The molecule has 0 saturated carbocycles. The highest BCUT2D eigenvalue weighted by atomic mass is 16.6. The number of carbonyl (C=O) groups is 4. The van der Waals surface area contributed by atoms with Gasteiger partial charge in [0.15, 0.2) is 0 Å². The molecule has 1 saturated heterocycles. The van der Waals surface area contributed by atoms with E-state index < -0.39 is 35.3 Å². The summed E-state index contributed by atoms with van der Waals surface area (Å²) in [7, 11) is 0. The molecule has 0 aliphatic carbocycles. The summed E-state index contributed by atoms with van der Waals surface area (Å²) in [6.07, 6.45) is -0.373. The molecular formula is C13H19NO7. The Balaban J connectivity index is 3.05. The second kappa shape index (κ2) is 7.05. The minimum absolute atomic E-state index is 0.0277. The van der Waals surface area contributed by atoms with Crippen LogP contribution in [0.15, 0.2) is 0 Å². The van der Waals surface area contributed by atoms with Crippen LogP contribution in [-0.4, -0.2) is 49.2 Å². The molecule has 1 atom stereocenters. The summed E-state index contributed by atoms with van der Waals surface area (Å²) in [4.78, 5) is 47.7. The molecule has 8 nitrogen and oxygen atoms in total. The van der Waals surface area contributed by atoms with Gasteiger partial charge in [-0.15, -0.1) is 0 Å². The number of hydrogen-bond donors (Lipinski definition) is 1. The van der Waals surface area contributed by atoms with Crippen LogP contribution in [0.5, 0.6) is 0 Å². The maximum absolute atomic E-state index is 12.1. The van der Waals surface area contributed by atoms with Gasteiger partial charge in [-0.1, -0.05) is 0 Å². The van der Waals surface area contributed by atoms with Crippen LogP contribution in [0.4, 0.5) is 0 Å². The van der Waals surface area contributed by atoms with Crippen LogP contribution < -0.4 is 5.32 Å². The van der Waals surface area contributed by atoms with Gasteiger partial charge in [-0.25, -0.2) is 9.59 Å². The van der Waals surface area contributed by atoms with E-state index in [-0.39, 0.29) is 26.2 Å². The second-order valence-corrected chi connectivity index (χ2v) is 4.34. The molecule has 1 heterocycles. The molecule has 0 unspecified atom stereocenters. The molecule has 0 bridgehead atoms. The van der Waals surface area contributed by atoms with Crippen molar-refractivity contribution in [3.8, 4) is 0 Å². The fourth-order valence-electron chi connectivity index (χ4n) is 2.04. The highest BCUT2D eigenvalue weighted by Gasteiger charge is 2.59. The van der Waals surface area contributed by atoms with Crippen molar-refractivity contribution in [1.29, 1.82) is 0 Å². The number of hydrogen-bond acceptors (Lipinski definition) is 7. The van der Waals surface area contributed by atoms with Crippen molar-refractivity contribution in [2.45, 2.75) is 32.7 Å². The first kappa shape index (κ1) is 16.9. The third-order valence-corrected chi connectivity index (χ3v) is 2.98. The van der Waals surface area contributed by atoms with Crippen molar-refractivity contribution in [2.24, 2.45) is 5.92 Å². The molecule has 0 aromatic heterocycles. The lowest BCUT2D eigenvalue weighted by atomic mass is 9.92. The zero-order chi connectivity index (χ0) is 16.0. The molecule has 1 N–H and O–H groups in total. The predicted octanol–water partition coefficient (Wildman–Crippen LogP) is -0.449. The van der Waals surface area contributed by atoms with Crippen molar-refractivity contribution >= 4 is 23.8 Å². The topological polar surface area (TPSA) is 108 Å². The summed E-state index contributed by atoms with van der Waals surface area (Å²) in [5, 5.41) is 2.24. The minimum atomic E-state index is -1.99. The summed E-state index contributed by atoms with van der Waals surface area (Å²) >= 11 is 0.